The number of rotatable bonds is 24. The summed E-state index contributed by atoms with van der Waals surface area (Å²) in [6.07, 6.45) is 29.9. The Balaban J connectivity index is 4.60. The molecule has 0 aromatic carbocycles. The van der Waals surface area contributed by atoms with Gasteiger partial charge in [-0.05, 0) is 31.6 Å². The number of aliphatic hydroxyl groups is 1. The van der Waals surface area contributed by atoms with E-state index in [1.807, 2.05) is 0 Å². The van der Waals surface area contributed by atoms with Gasteiger partial charge in [-0.15, -0.1) is 0 Å². The largest absolute Gasteiger partial charge is 0.390 e. The zero-order chi connectivity index (χ0) is 22.3. The van der Waals surface area contributed by atoms with Gasteiger partial charge < -0.3 is 5.11 Å². The SMILES string of the molecule is CCCCCCCCC(CCC)C(O)(CCCCCCCC)CCCCCCCC. The summed E-state index contributed by atoms with van der Waals surface area (Å²) in [5.74, 6) is 0.528. The van der Waals surface area contributed by atoms with Crippen molar-refractivity contribution in [1.82, 2.24) is 0 Å². The summed E-state index contributed by atoms with van der Waals surface area (Å²) < 4.78 is 0. The van der Waals surface area contributed by atoms with Crippen molar-refractivity contribution in [3.63, 3.8) is 0 Å². The van der Waals surface area contributed by atoms with Crippen LogP contribution in [0, 0.1) is 5.92 Å². The first-order valence-corrected chi connectivity index (χ1v) is 14.4. The highest BCUT2D eigenvalue weighted by atomic mass is 16.3. The summed E-state index contributed by atoms with van der Waals surface area (Å²) in [6.45, 7) is 9.18. The minimum absolute atomic E-state index is 0.394. The third-order valence-corrected chi connectivity index (χ3v) is 7.23. The molecule has 0 fully saturated rings. The second-order valence-corrected chi connectivity index (χ2v) is 10.2. The molecule has 0 amide bonds. The van der Waals surface area contributed by atoms with E-state index in [1.54, 1.807) is 0 Å². The zero-order valence-electron chi connectivity index (χ0n) is 21.8. The predicted molar refractivity (Wildman–Crippen MR) is 137 cm³/mol. The monoisotopic (exact) mass is 424 g/mol. The molecule has 0 aliphatic heterocycles. The molecule has 1 unspecified atom stereocenters. The van der Waals surface area contributed by atoms with E-state index in [1.165, 1.54) is 135 Å². The third-order valence-electron chi connectivity index (χ3n) is 7.23. The van der Waals surface area contributed by atoms with Gasteiger partial charge in [0.1, 0.15) is 0 Å². The molecule has 0 heterocycles. The van der Waals surface area contributed by atoms with E-state index in [9.17, 15) is 5.11 Å². The Bertz CT molecular complexity index is 308. The lowest BCUT2D eigenvalue weighted by molar-refractivity contribution is -0.0451. The Morgan fingerprint density at radius 1 is 0.433 bits per heavy atom. The third kappa shape index (κ3) is 16.6. The van der Waals surface area contributed by atoms with Gasteiger partial charge in [-0.3, -0.25) is 0 Å². The molecular formula is C29H60O. The molecule has 0 saturated carbocycles. The number of unbranched alkanes of at least 4 members (excludes halogenated alkanes) is 15. The molecule has 0 rings (SSSR count). The summed E-state index contributed by atoms with van der Waals surface area (Å²) in [5.41, 5.74) is -0.394. The van der Waals surface area contributed by atoms with Gasteiger partial charge in [-0.25, -0.2) is 0 Å². The van der Waals surface area contributed by atoms with Crippen LogP contribution < -0.4 is 0 Å². The van der Waals surface area contributed by atoms with Crippen LogP contribution >= 0.6 is 0 Å². The van der Waals surface area contributed by atoms with Gasteiger partial charge in [-0.2, -0.15) is 0 Å². The second-order valence-electron chi connectivity index (χ2n) is 10.2. The molecule has 0 aromatic rings. The summed E-state index contributed by atoms with van der Waals surface area (Å²) >= 11 is 0. The topological polar surface area (TPSA) is 20.2 Å². The fraction of sp³-hybridized carbons (Fsp3) is 1.00. The van der Waals surface area contributed by atoms with Crippen molar-refractivity contribution in [3.8, 4) is 0 Å². The predicted octanol–water partition coefficient (Wildman–Crippen LogP) is 10.4. The summed E-state index contributed by atoms with van der Waals surface area (Å²) in [7, 11) is 0. The average molecular weight is 425 g/mol. The van der Waals surface area contributed by atoms with E-state index < -0.39 is 5.60 Å². The maximum absolute atomic E-state index is 11.8. The summed E-state index contributed by atoms with van der Waals surface area (Å²) in [4.78, 5) is 0. The summed E-state index contributed by atoms with van der Waals surface area (Å²) in [6, 6.07) is 0. The minimum Gasteiger partial charge on any atom is -0.390 e. The Hall–Kier alpha value is -0.0400. The van der Waals surface area contributed by atoms with E-state index in [-0.39, 0.29) is 0 Å². The lowest BCUT2D eigenvalue weighted by atomic mass is 9.74. The molecule has 1 atom stereocenters. The lowest BCUT2D eigenvalue weighted by Crippen LogP contribution is -2.38. The Kier molecular flexibility index (Phi) is 22.1. The molecule has 0 aliphatic carbocycles. The zero-order valence-corrected chi connectivity index (χ0v) is 21.8. The first-order valence-electron chi connectivity index (χ1n) is 14.4. The highest BCUT2D eigenvalue weighted by Crippen LogP contribution is 2.36. The van der Waals surface area contributed by atoms with Crippen LogP contribution in [-0.4, -0.2) is 10.7 Å². The molecular weight excluding hydrogens is 364 g/mol. The van der Waals surface area contributed by atoms with Gasteiger partial charge in [0, 0.05) is 0 Å². The van der Waals surface area contributed by atoms with E-state index in [0.717, 1.165) is 12.8 Å². The van der Waals surface area contributed by atoms with Crippen molar-refractivity contribution < 1.29 is 5.11 Å². The minimum atomic E-state index is -0.394. The highest BCUT2D eigenvalue weighted by molar-refractivity contribution is 4.86. The van der Waals surface area contributed by atoms with Crippen molar-refractivity contribution in [1.29, 1.82) is 0 Å². The molecule has 30 heavy (non-hydrogen) atoms. The lowest BCUT2D eigenvalue weighted by Gasteiger charge is -2.37. The quantitative estimate of drug-likeness (QED) is 0.153. The molecule has 1 nitrogen and oxygen atoms in total. The van der Waals surface area contributed by atoms with Crippen molar-refractivity contribution in [2.24, 2.45) is 5.92 Å². The Morgan fingerprint density at radius 2 is 0.800 bits per heavy atom. The molecule has 1 heteroatoms. The van der Waals surface area contributed by atoms with E-state index >= 15 is 0 Å². The van der Waals surface area contributed by atoms with E-state index in [0.29, 0.717) is 5.92 Å². The number of hydrogen-bond acceptors (Lipinski definition) is 1. The van der Waals surface area contributed by atoms with E-state index in [2.05, 4.69) is 27.7 Å². The van der Waals surface area contributed by atoms with Gasteiger partial charge in [0.15, 0.2) is 0 Å². The van der Waals surface area contributed by atoms with Gasteiger partial charge in [0.2, 0.25) is 0 Å². The smallest absolute Gasteiger partial charge is 0.0675 e. The normalized spacial score (nSPS) is 13.1. The summed E-state index contributed by atoms with van der Waals surface area (Å²) in [5, 5.41) is 11.8. The van der Waals surface area contributed by atoms with Crippen LogP contribution in [0.25, 0.3) is 0 Å². The second kappa shape index (κ2) is 22.2. The highest BCUT2D eigenvalue weighted by Gasteiger charge is 2.34. The van der Waals surface area contributed by atoms with Crippen LogP contribution in [0.4, 0.5) is 0 Å². The van der Waals surface area contributed by atoms with Crippen molar-refractivity contribution in [2.75, 3.05) is 0 Å². The average Bonchev–Trinajstić information content (AvgIpc) is 2.74. The molecule has 0 aromatic heterocycles. The van der Waals surface area contributed by atoms with Crippen LogP contribution in [-0.2, 0) is 0 Å². The fourth-order valence-corrected chi connectivity index (χ4v) is 5.16. The number of hydrogen-bond donors (Lipinski definition) is 1. The van der Waals surface area contributed by atoms with Gasteiger partial charge in [0.25, 0.3) is 0 Å². The maximum atomic E-state index is 11.8. The van der Waals surface area contributed by atoms with Crippen molar-refractivity contribution >= 4 is 0 Å². The van der Waals surface area contributed by atoms with E-state index in [4.69, 9.17) is 0 Å². The standard InChI is InChI=1S/C29H60O/c1-5-9-12-15-18-21-25-28(24-8-4)29(30,26-22-19-16-13-10-6-2)27-23-20-17-14-11-7-3/h28,30H,5-27H2,1-4H3. The molecule has 182 valence electrons. The van der Waals surface area contributed by atoms with Gasteiger partial charge in [0.05, 0.1) is 5.60 Å². The van der Waals surface area contributed by atoms with Gasteiger partial charge in [-0.1, -0.05) is 150 Å². The van der Waals surface area contributed by atoms with Crippen molar-refractivity contribution in [3.05, 3.63) is 0 Å². The Morgan fingerprint density at radius 3 is 1.20 bits per heavy atom. The molecule has 0 aliphatic rings. The Labute approximate surface area is 192 Å². The molecule has 0 radical (unpaired) electrons. The molecule has 1 N–H and O–H groups in total. The van der Waals surface area contributed by atoms with Crippen LogP contribution in [0.1, 0.15) is 175 Å². The first kappa shape index (κ1) is 30.0. The molecule has 0 saturated heterocycles. The van der Waals surface area contributed by atoms with Crippen LogP contribution in [0.15, 0.2) is 0 Å². The van der Waals surface area contributed by atoms with Crippen LogP contribution in [0.2, 0.25) is 0 Å². The van der Waals surface area contributed by atoms with Crippen molar-refractivity contribution in [2.45, 2.75) is 181 Å². The molecule has 0 spiro atoms. The maximum Gasteiger partial charge on any atom is 0.0675 e. The van der Waals surface area contributed by atoms with Crippen LogP contribution in [0.5, 0.6) is 0 Å². The van der Waals surface area contributed by atoms with Crippen LogP contribution in [0.3, 0.4) is 0 Å². The van der Waals surface area contributed by atoms with Gasteiger partial charge >= 0.3 is 0 Å². The first-order chi connectivity index (χ1) is 14.6. The molecule has 0 bridgehead atoms. The fourth-order valence-electron chi connectivity index (χ4n) is 5.16.